The average Bonchev–Trinajstić information content (AvgIpc) is 3.82. The van der Waals surface area contributed by atoms with E-state index >= 15 is 0 Å². The predicted molar refractivity (Wildman–Crippen MR) is 253 cm³/mol. The minimum atomic E-state index is -0.505. The first kappa shape index (κ1) is 35.2. The fraction of sp³-hybridized carbons (Fsp3) is 0.0333. The first-order chi connectivity index (χ1) is 30.3. The molecular weight excluding hydrogens is 735 g/mol. The minimum Gasteiger partial charge on any atom is -0.310 e. The van der Waals surface area contributed by atoms with Gasteiger partial charge in [0.2, 0.25) is 0 Å². The van der Waals surface area contributed by atoms with E-state index in [-0.39, 0.29) is 0 Å². The van der Waals surface area contributed by atoms with Gasteiger partial charge in [0.25, 0.3) is 0 Å². The summed E-state index contributed by atoms with van der Waals surface area (Å²) in [5.41, 5.74) is 17.7. The molecule has 0 radical (unpaired) electrons. The Morgan fingerprint density at radius 3 is 1.25 bits per heavy atom. The van der Waals surface area contributed by atoms with Crippen molar-refractivity contribution in [1.82, 2.24) is 0 Å². The van der Waals surface area contributed by atoms with Crippen molar-refractivity contribution in [2.75, 3.05) is 4.90 Å². The van der Waals surface area contributed by atoms with Gasteiger partial charge >= 0.3 is 0 Å². The Morgan fingerprint density at radius 1 is 0.262 bits per heavy atom. The molecule has 0 saturated heterocycles. The molecule has 0 heterocycles. The summed E-state index contributed by atoms with van der Waals surface area (Å²) in [5, 5.41) is 2.43. The summed E-state index contributed by atoms with van der Waals surface area (Å²) in [5.74, 6) is 0. The van der Waals surface area contributed by atoms with Crippen LogP contribution < -0.4 is 4.90 Å². The number of nitrogens with zero attached hydrogens (tertiary/aromatic N) is 1. The van der Waals surface area contributed by atoms with Crippen molar-refractivity contribution >= 4 is 27.8 Å². The van der Waals surface area contributed by atoms with E-state index in [4.69, 9.17) is 0 Å². The van der Waals surface area contributed by atoms with Crippen LogP contribution in [0.25, 0.3) is 33.0 Å². The first-order valence-electron chi connectivity index (χ1n) is 21.3. The van der Waals surface area contributed by atoms with Gasteiger partial charge in [-0.05, 0) is 102 Å². The molecule has 1 nitrogen and oxygen atoms in total. The molecule has 2 aliphatic carbocycles. The number of hydrogen-bond acceptors (Lipinski definition) is 1. The summed E-state index contributed by atoms with van der Waals surface area (Å²) in [6.45, 7) is 0. The van der Waals surface area contributed by atoms with E-state index in [2.05, 4.69) is 254 Å². The van der Waals surface area contributed by atoms with Gasteiger partial charge in [-0.3, -0.25) is 0 Å². The summed E-state index contributed by atoms with van der Waals surface area (Å²) in [4.78, 5) is 2.49. The van der Waals surface area contributed by atoms with Crippen molar-refractivity contribution in [2.24, 2.45) is 0 Å². The summed E-state index contributed by atoms with van der Waals surface area (Å²) in [6.07, 6.45) is 0. The minimum absolute atomic E-state index is 0.474. The highest BCUT2D eigenvalue weighted by Gasteiger charge is 2.48. The number of fused-ring (bicyclic) bond motifs is 7. The van der Waals surface area contributed by atoms with E-state index in [1.165, 1.54) is 77.5 Å². The smallest absolute Gasteiger partial charge is 0.0714 e. The van der Waals surface area contributed by atoms with Gasteiger partial charge in [0.1, 0.15) is 0 Å². The van der Waals surface area contributed by atoms with Gasteiger partial charge in [-0.2, -0.15) is 0 Å². The number of anilines is 3. The molecule has 0 saturated carbocycles. The largest absolute Gasteiger partial charge is 0.310 e. The second-order valence-electron chi connectivity index (χ2n) is 16.3. The zero-order valence-corrected chi connectivity index (χ0v) is 33.6. The van der Waals surface area contributed by atoms with Crippen LogP contribution in [0, 0.1) is 0 Å². The molecule has 2 aliphatic rings. The summed E-state index contributed by atoms with van der Waals surface area (Å²) >= 11 is 0. The molecule has 0 fully saturated rings. The average molecular weight is 776 g/mol. The quantitative estimate of drug-likeness (QED) is 0.156. The Hall–Kier alpha value is -7.74. The van der Waals surface area contributed by atoms with Crippen molar-refractivity contribution in [1.29, 1.82) is 0 Å². The maximum absolute atomic E-state index is 2.49. The Bertz CT molecular complexity index is 3150. The van der Waals surface area contributed by atoms with Crippen LogP contribution in [-0.4, -0.2) is 0 Å². The molecule has 61 heavy (non-hydrogen) atoms. The Morgan fingerprint density at radius 2 is 0.672 bits per heavy atom. The third kappa shape index (κ3) is 5.08. The van der Waals surface area contributed by atoms with Gasteiger partial charge in [0.15, 0.2) is 0 Å². The van der Waals surface area contributed by atoms with Crippen LogP contribution in [0.4, 0.5) is 17.1 Å². The van der Waals surface area contributed by atoms with Crippen LogP contribution in [0.3, 0.4) is 0 Å². The van der Waals surface area contributed by atoms with Gasteiger partial charge in [-0.15, -0.1) is 0 Å². The van der Waals surface area contributed by atoms with E-state index in [1.54, 1.807) is 0 Å². The molecule has 0 bridgehead atoms. The van der Waals surface area contributed by atoms with Crippen molar-refractivity contribution in [3.8, 4) is 22.3 Å². The molecule has 0 unspecified atom stereocenters. The van der Waals surface area contributed by atoms with E-state index in [1.807, 2.05) is 0 Å². The molecule has 12 rings (SSSR count). The SMILES string of the molecule is c1ccc(C2(c3ccc(N(c4ccc5ccccc5c4)c4cccc5c4-c4ccccc4C5(c4ccccc4)c4ccccc4)cc3)c3ccccc3-c3ccccc32)cc1. The van der Waals surface area contributed by atoms with Crippen molar-refractivity contribution in [3.63, 3.8) is 0 Å². The second kappa shape index (κ2) is 13.9. The summed E-state index contributed by atoms with van der Waals surface area (Å²) in [7, 11) is 0. The zero-order valence-electron chi connectivity index (χ0n) is 33.6. The lowest BCUT2D eigenvalue weighted by atomic mass is 9.67. The highest BCUT2D eigenvalue weighted by Crippen LogP contribution is 2.60. The lowest BCUT2D eigenvalue weighted by Crippen LogP contribution is -2.28. The fourth-order valence-corrected chi connectivity index (χ4v) is 11.0. The number of hydrogen-bond donors (Lipinski definition) is 0. The molecule has 1 heteroatoms. The third-order valence-electron chi connectivity index (χ3n) is 13.4. The molecule has 10 aromatic carbocycles. The first-order valence-corrected chi connectivity index (χ1v) is 21.3. The van der Waals surface area contributed by atoms with Gasteiger partial charge < -0.3 is 4.90 Å². The topological polar surface area (TPSA) is 3.24 Å². The van der Waals surface area contributed by atoms with Gasteiger partial charge in [-0.1, -0.05) is 218 Å². The van der Waals surface area contributed by atoms with E-state index < -0.39 is 10.8 Å². The molecule has 0 aromatic heterocycles. The Balaban J connectivity index is 1.12. The Labute approximate surface area is 357 Å². The highest BCUT2D eigenvalue weighted by atomic mass is 15.1. The molecular formula is C60H41N. The van der Waals surface area contributed by atoms with E-state index in [0.29, 0.717) is 0 Å². The van der Waals surface area contributed by atoms with Crippen LogP contribution in [-0.2, 0) is 10.8 Å². The van der Waals surface area contributed by atoms with Crippen molar-refractivity contribution < 1.29 is 0 Å². The molecule has 0 N–H and O–H groups in total. The highest BCUT2D eigenvalue weighted by molar-refractivity contribution is 5.99. The lowest BCUT2D eigenvalue weighted by molar-refractivity contribution is 0.768. The van der Waals surface area contributed by atoms with Crippen LogP contribution in [0.1, 0.15) is 44.5 Å². The fourth-order valence-electron chi connectivity index (χ4n) is 11.0. The molecule has 0 atom stereocenters. The van der Waals surface area contributed by atoms with Gasteiger partial charge in [-0.25, -0.2) is 0 Å². The van der Waals surface area contributed by atoms with Crippen molar-refractivity contribution in [2.45, 2.75) is 10.8 Å². The maximum atomic E-state index is 2.49. The van der Waals surface area contributed by atoms with E-state index in [9.17, 15) is 0 Å². The van der Waals surface area contributed by atoms with Crippen molar-refractivity contribution in [3.05, 3.63) is 293 Å². The monoisotopic (exact) mass is 775 g/mol. The lowest BCUT2D eigenvalue weighted by Gasteiger charge is -2.35. The van der Waals surface area contributed by atoms with Crippen LogP contribution in [0.5, 0.6) is 0 Å². The molecule has 0 spiro atoms. The predicted octanol–water partition coefficient (Wildman–Crippen LogP) is 15.0. The van der Waals surface area contributed by atoms with Gasteiger partial charge in [0, 0.05) is 16.9 Å². The summed E-state index contributed by atoms with van der Waals surface area (Å²) < 4.78 is 0. The molecule has 286 valence electrons. The number of benzene rings is 10. The molecule has 0 aliphatic heterocycles. The second-order valence-corrected chi connectivity index (χ2v) is 16.3. The number of rotatable bonds is 7. The normalized spacial score (nSPS) is 13.8. The van der Waals surface area contributed by atoms with Gasteiger partial charge in [0.05, 0.1) is 16.5 Å². The molecule has 10 aromatic rings. The third-order valence-corrected chi connectivity index (χ3v) is 13.4. The van der Waals surface area contributed by atoms with E-state index in [0.717, 1.165) is 17.1 Å². The van der Waals surface area contributed by atoms with Crippen LogP contribution >= 0.6 is 0 Å². The molecule has 0 amide bonds. The maximum Gasteiger partial charge on any atom is 0.0714 e. The Kier molecular flexibility index (Phi) is 8.05. The standard InChI is InChI=1S/C60H41N/c1-4-21-44(22-5-1)59(53-30-15-12-27-50(53)51-28-13-16-31-54(51)59)47-36-39-48(40-37-47)61(49-38-35-42-19-10-11-20-43(42)41-49)57-34-18-33-56-58(57)52-29-14-17-32-55(52)60(56,45-23-6-2-7-24-45)46-25-8-3-9-26-46/h1-41H. The van der Waals surface area contributed by atoms with Crippen LogP contribution in [0.15, 0.2) is 249 Å². The summed E-state index contributed by atoms with van der Waals surface area (Å²) in [6, 6.07) is 92.2. The van der Waals surface area contributed by atoms with Crippen LogP contribution in [0.2, 0.25) is 0 Å². The zero-order chi connectivity index (χ0) is 40.4.